The van der Waals surface area contributed by atoms with Gasteiger partial charge in [-0.2, -0.15) is 0 Å². The maximum atomic E-state index is 12.8. The summed E-state index contributed by atoms with van der Waals surface area (Å²) in [6.45, 7) is 6.58. The Labute approximate surface area is 101 Å². The Hall–Kier alpha value is -0.800. The van der Waals surface area contributed by atoms with Gasteiger partial charge in [-0.3, -0.25) is 0 Å². The summed E-state index contributed by atoms with van der Waals surface area (Å²) in [6.07, 6.45) is 0. The number of benzene rings is 1. The SMILES string of the molecule is CC(C)CNCCOc1ccc(F)c(Cl)c1. The van der Waals surface area contributed by atoms with E-state index in [9.17, 15) is 4.39 Å². The van der Waals surface area contributed by atoms with Gasteiger partial charge in [0.1, 0.15) is 18.2 Å². The number of rotatable bonds is 6. The first-order valence-electron chi connectivity index (χ1n) is 5.38. The lowest BCUT2D eigenvalue weighted by molar-refractivity contribution is 0.310. The molecule has 1 aromatic rings. The van der Waals surface area contributed by atoms with Crippen LogP contribution in [0.2, 0.25) is 5.02 Å². The largest absolute Gasteiger partial charge is 0.492 e. The average Bonchev–Trinajstić information content (AvgIpc) is 2.22. The van der Waals surface area contributed by atoms with Crippen molar-refractivity contribution in [1.82, 2.24) is 5.32 Å². The molecule has 0 aliphatic rings. The number of nitrogens with one attached hydrogen (secondary N) is 1. The molecule has 0 aromatic heterocycles. The third-order valence-electron chi connectivity index (χ3n) is 1.99. The highest BCUT2D eigenvalue weighted by Crippen LogP contribution is 2.20. The third kappa shape index (κ3) is 4.81. The molecule has 4 heteroatoms. The van der Waals surface area contributed by atoms with Crippen molar-refractivity contribution in [2.24, 2.45) is 5.92 Å². The van der Waals surface area contributed by atoms with Gasteiger partial charge in [-0.05, 0) is 24.6 Å². The first-order chi connectivity index (χ1) is 7.59. The lowest BCUT2D eigenvalue weighted by Crippen LogP contribution is -2.24. The lowest BCUT2D eigenvalue weighted by atomic mass is 10.2. The second-order valence-electron chi connectivity index (χ2n) is 4.02. The van der Waals surface area contributed by atoms with Crippen molar-refractivity contribution < 1.29 is 9.13 Å². The van der Waals surface area contributed by atoms with Crippen LogP contribution in [0.1, 0.15) is 13.8 Å². The topological polar surface area (TPSA) is 21.3 Å². The van der Waals surface area contributed by atoms with Crippen molar-refractivity contribution in [2.45, 2.75) is 13.8 Å². The van der Waals surface area contributed by atoms with Gasteiger partial charge in [0.05, 0.1) is 5.02 Å². The first kappa shape index (κ1) is 13.3. The quantitative estimate of drug-likeness (QED) is 0.778. The molecule has 0 fully saturated rings. The molecule has 1 aromatic carbocycles. The Morgan fingerprint density at radius 1 is 1.44 bits per heavy atom. The molecule has 0 heterocycles. The molecule has 0 bridgehead atoms. The number of halogens is 2. The van der Waals surface area contributed by atoms with Gasteiger partial charge >= 0.3 is 0 Å². The van der Waals surface area contributed by atoms with Crippen molar-refractivity contribution in [1.29, 1.82) is 0 Å². The van der Waals surface area contributed by atoms with Gasteiger partial charge in [0.2, 0.25) is 0 Å². The minimum atomic E-state index is -0.424. The average molecular weight is 246 g/mol. The standard InChI is InChI=1S/C12H17ClFNO/c1-9(2)8-15-5-6-16-10-3-4-12(14)11(13)7-10/h3-4,7,9,15H,5-6,8H2,1-2H3. The Morgan fingerprint density at radius 2 is 2.19 bits per heavy atom. The zero-order chi connectivity index (χ0) is 12.0. The van der Waals surface area contributed by atoms with Crippen molar-refractivity contribution in [3.63, 3.8) is 0 Å². The van der Waals surface area contributed by atoms with Gasteiger partial charge in [-0.15, -0.1) is 0 Å². The van der Waals surface area contributed by atoms with Gasteiger partial charge in [0.15, 0.2) is 0 Å². The second-order valence-corrected chi connectivity index (χ2v) is 4.43. The highest BCUT2D eigenvalue weighted by atomic mass is 35.5. The molecule has 0 atom stereocenters. The smallest absolute Gasteiger partial charge is 0.142 e. The zero-order valence-electron chi connectivity index (χ0n) is 9.59. The predicted molar refractivity (Wildman–Crippen MR) is 64.6 cm³/mol. The van der Waals surface area contributed by atoms with Crippen LogP contribution in [-0.4, -0.2) is 19.7 Å². The first-order valence-corrected chi connectivity index (χ1v) is 5.76. The van der Waals surface area contributed by atoms with E-state index >= 15 is 0 Å². The molecule has 0 saturated carbocycles. The fraction of sp³-hybridized carbons (Fsp3) is 0.500. The molecule has 0 spiro atoms. The molecule has 0 amide bonds. The molecule has 90 valence electrons. The zero-order valence-corrected chi connectivity index (χ0v) is 10.4. The summed E-state index contributed by atoms with van der Waals surface area (Å²) in [6, 6.07) is 4.36. The van der Waals surface area contributed by atoms with Crippen LogP contribution >= 0.6 is 11.6 Å². The van der Waals surface area contributed by atoms with E-state index in [0.717, 1.165) is 13.1 Å². The van der Waals surface area contributed by atoms with Crippen LogP contribution in [0, 0.1) is 11.7 Å². The van der Waals surface area contributed by atoms with E-state index in [2.05, 4.69) is 19.2 Å². The molecule has 0 saturated heterocycles. The molecule has 2 nitrogen and oxygen atoms in total. The normalized spacial score (nSPS) is 10.8. The van der Waals surface area contributed by atoms with Gasteiger partial charge < -0.3 is 10.1 Å². The minimum Gasteiger partial charge on any atom is -0.492 e. The summed E-state index contributed by atoms with van der Waals surface area (Å²) >= 11 is 5.62. The molecule has 0 aliphatic carbocycles. The summed E-state index contributed by atoms with van der Waals surface area (Å²) in [5, 5.41) is 3.34. The van der Waals surface area contributed by atoms with E-state index in [1.165, 1.54) is 12.1 Å². The number of ether oxygens (including phenoxy) is 1. The highest BCUT2D eigenvalue weighted by molar-refractivity contribution is 6.30. The summed E-state index contributed by atoms with van der Waals surface area (Å²) in [7, 11) is 0. The molecule has 0 radical (unpaired) electrons. The molecule has 0 aliphatic heterocycles. The van der Waals surface area contributed by atoms with E-state index < -0.39 is 5.82 Å². The van der Waals surface area contributed by atoms with Crippen LogP contribution in [0.25, 0.3) is 0 Å². The van der Waals surface area contributed by atoms with Crippen molar-refractivity contribution in [2.75, 3.05) is 19.7 Å². The van der Waals surface area contributed by atoms with Crippen molar-refractivity contribution in [3.05, 3.63) is 29.0 Å². The monoisotopic (exact) mass is 245 g/mol. The van der Waals surface area contributed by atoms with E-state index in [0.29, 0.717) is 18.3 Å². The highest BCUT2D eigenvalue weighted by Gasteiger charge is 2.01. The van der Waals surface area contributed by atoms with Gasteiger partial charge in [0, 0.05) is 12.6 Å². The second kappa shape index (κ2) is 6.71. The van der Waals surface area contributed by atoms with Crippen LogP contribution in [0.15, 0.2) is 18.2 Å². The van der Waals surface area contributed by atoms with Crippen LogP contribution in [0.5, 0.6) is 5.75 Å². The van der Waals surface area contributed by atoms with Crippen molar-refractivity contribution >= 4 is 11.6 Å². The Bertz CT molecular complexity index is 331. The summed E-state index contributed by atoms with van der Waals surface area (Å²) in [4.78, 5) is 0. The third-order valence-corrected chi connectivity index (χ3v) is 2.28. The molecule has 16 heavy (non-hydrogen) atoms. The fourth-order valence-electron chi connectivity index (χ4n) is 1.20. The Kier molecular flexibility index (Phi) is 5.56. The van der Waals surface area contributed by atoms with E-state index in [-0.39, 0.29) is 5.02 Å². The number of hydrogen-bond acceptors (Lipinski definition) is 2. The van der Waals surface area contributed by atoms with Gasteiger partial charge in [-0.1, -0.05) is 25.4 Å². The van der Waals surface area contributed by atoms with Crippen molar-refractivity contribution in [3.8, 4) is 5.75 Å². The van der Waals surface area contributed by atoms with Crippen LogP contribution in [0.3, 0.4) is 0 Å². The van der Waals surface area contributed by atoms with E-state index in [4.69, 9.17) is 16.3 Å². The predicted octanol–water partition coefficient (Wildman–Crippen LogP) is 3.10. The van der Waals surface area contributed by atoms with E-state index in [1.807, 2.05) is 0 Å². The van der Waals surface area contributed by atoms with Crippen LogP contribution < -0.4 is 10.1 Å². The minimum absolute atomic E-state index is 0.0904. The maximum Gasteiger partial charge on any atom is 0.142 e. The summed E-state index contributed by atoms with van der Waals surface area (Å²) in [5.41, 5.74) is 0. The van der Waals surface area contributed by atoms with Crippen LogP contribution in [-0.2, 0) is 0 Å². The Balaban J connectivity index is 2.24. The van der Waals surface area contributed by atoms with Gasteiger partial charge in [0.25, 0.3) is 0 Å². The number of hydrogen-bond donors (Lipinski definition) is 1. The molecular weight excluding hydrogens is 229 g/mol. The van der Waals surface area contributed by atoms with Crippen LogP contribution in [0.4, 0.5) is 4.39 Å². The van der Waals surface area contributed by atoms with Gasteiger partial charge in [-0.25, -0.2) is 4.39 Å². The Morgan fingerprint density at radius 3 is 2.81 bits per heavy atom. The fourth-order valence-corrected chi connectivity index (χ4v) is 1.37. The summed E-state index contributed by atoms with van der Waals surface area (Å²) < 4.78 is 18.2. The van der Waals surface area contributed by atoms with E-state index in [1.54, 1.807) is 6.07 Å². The summed E-state index contributed by atoms with van der Waals surface area (Å²) in [5.74, 6) is 0.796. The maximum absolute atomic E-state index is 12.8. The molecule has 1 rings (SSSR count). The molecular formula is C12H17ClFNO. The molecule has 1 N–H and O–H groups in total. The lowest BCUT2D eigenvalue weighted by Gasteiger charge is -2.09. The molecule has 0 unspecified atom stereocenters.